The van der Waals surface area contributed by atoms with E-state index >= 15 is 0 Å². The van der Waals surface area contributed by atoms with Gasteiger partial charge in [0.2, 0.25) is 15.2 Å². The van der Waals surface area contributed by atoms with E-state index in [0.29, 0.717) is 15.2 Å². The maximum absolute atomic E-state index is 2.26. The van der Waals surface area contributed by atoms with Gasteiger partial charge in [0.25, 0.3) is 0 Å². The zero-order valence-electron chi connectivity index (χ0n) is 4.71. The lowest BCUT2D eigenvalue weighted by Gasteiger charge is -1.36. The molecule has 0 heterocycles. The van der Waals surface area contributed by atoms with Crippen LogP contribution in [0.25, 0.3) is 0 Å². The highest BCUT2D eigenvalue weighted by atomic mass is 27.1. The van der Waals surface area contributed by atoms with Crippen LogP contribution in [0.3, 0.4) is 0 Å². The normalized spacial score (nSPS) is 2.50. The van der Waals surface area contributed by atoms with Crippen molar-refractivity contribution in [3.63, 3.8) is 0 Å². The van der Waals surface area contributed by atoms with E-state index in [4.69, 9.17) is 0 Å². The van der Waals surface area contributed by atoms with Crippen LogP contribution in [0.5, 0.6) is 0 Å². The fourth-order valence-corrected chi connectivity index (χ4v) is 0. The van der Waals surface area contributed by atoms with Crippen LogP contribution in [0.1, 0.15) is 36.1 Å². The molecule has 0 aromatic carbocycles. The Bertz CT molecular complexity index is 4.35. The second-order valence-corrected chi connectivity index (χ2v) is 2.12. The highest BCUT2D eigenvalue weighted by molar-refractivity contribution is 6.31. The quantitative estimate of drug-likeness (QED) is 0.447. The molecule has 8 heavy (non-hydrogen) atoms. The van der Waals surface area contributed by atoms with E-state index in [1.165, 1.54) is 0 Å². The monoisotopic (exact) mass is 136 g/mol. The third-order valence-corrected chi connectivity index (χ3v) is 0. The molecule has 0 atom stereocenters. The van der Waals surface area contributed by atoms with Crippen molar-refractivity contribution < 1.29 is 0 Å². The topological polar surface area (TPSA) is 0 Å². The van der Waals surface area contributed by atoms with E-state index in [-0.39, 0.29) is 22.3 Å². The van der Waals surface area contributed by atoms with Gasteiger partial charge in [0.1, 0.15) is 0 Å². The minimum Gasteiger partial charge on any atom is -0.109 e. The van der Waals surface area contributed by atoms with Crippen molar-refractivity contribution >= 4 is 15.2 Å². The molecule has 0 aromatic heterocycles. The van der Waals surface area contributed by atoms with Gasteiger partial charge in [-0.05, 0) is 0 Å². The Morgan fingerprint density at radius 1 is 0.750 bits per heavy atom. The molecule has 0 unspecified atom stereocenters. The largest absolute Gasteiger partial charge is 0.229 e. The Morgan fingerprint density at radius 2 is 0.750 bits per heavy atom. The van der Waals surface area contributed by atoms with E-state index in [2.05, 4.69) is 11.6 Å². The molecule has 0 radical (unpaired) electrons. The molecular formula is C7H25Al. The molecule has 0 bridgehead atoms. The third kappa shape index (κ3) is 705. The summed E-state index contributed by atoms with van der Waals surface area (Å²) in [5, 5.41) is 0. The fourth-order valence-electron chi connectivity index (χ4n) is 0. The molecule has 0 aliphatic carbocycles. The lowest BCUT2D eigenvalue weighted by Crippen LogP contribution is -1.53. The van der Waals surface area contributed by atoms with Crippen LogP contribution in [0.15, 0.2) is 0 Å². The zero-order valence-corrected chi connectivity index (χ0v) is 6.12. The van der Waals surface area contributed by atoms with E-state index in [0.717, 1.165) is 0 Å². The zero-order chi connectivity index (χ0) is 4.71. The Balaban J connectivity index is -0.00000000567. The van der Waals surface area contributed by atoms with Crippen molar-refractivity contribution in [2.24, 2.45) is 0 Å². The first-order valence-corrected chi connectivity index (χ1v) is 5.24. The predicted octanol–water partition coefficient (Wildman–Crippen LogP) is 3.45. The Morgan fingerprint density at radius 3 is 0.750 bits per heavy atom. The van der Waals surface area contributed by atoms with Gasteiger partial charge in [0, 0.05) is 0 Å². The highest BCUT2D eigenvalue weighted by Crippen LogP contribution is 1.36. The lowest BCUT2D eigenvalue weighted by molar-refractivity contribution is 1.50. The molecule has 0 fully saturated rings. The van der Waals surface area contributed by atoms with E-state index < -0.39 is 0 Å². The van der Waals surface area contributed by atoms with Crippen molar-refractivity contribution in [2.75, 3.05) is 0 Å². The average molecular weight is 136 g/mol. The van der Waals surface area contributed by atoms with E-state index in [1.807, 2.05) is 13.8 Å². The minimum atomic E-state index is 0. The van der Waals surface area contributed by atoms with Crippen molar-refractivity contribution in [1.29, 1.82) is 0 Å². The fraction of sp³-hybridized carbons (Fsp3) is 1.00. The van der Waals surface area contributed by atoms with Crippen LogP contribution >= 0.6 is 0 Å². The summed E-state index contributed by atoms with van der Waals surface area (Å²) in [6, 6.07) is 0. The second-order valence-electron chi connectivity index (χ2n) is 0.707. The molecule has 0 amide bonds. The summed E-state index contributed by atoms with van der Waals surface area (Å²) in [6.45, 7) is 4.00. The first kappa shape index (κ1) is 38.8. The predicted molar refractivity (Wildman–Crippen MR) is 50.4 cm³/mol. The molecule has 0 spiro atoms. The maximum atomic E-state index is 2.26. The molecule has 0 saturated carbocycles. The minimum absolute atomic E-state index is 0. The summed E-state index contributed by atoms with van der Waals surface area (Å²) in [4.78, 5) is 0. The van der Waals surface area contributed by atoms with E-state index in [9.17, 15) is 0 Å². The second kappa shape index (κ2) is 137. The van der Waals surface area contributed by atoms with Crippen LogP contribution in [0.4, 0.5) is 0 Å². The molecule has 1 heteroatoms. The number of rotatable bonds is 0. The van der Waals surface area contributed by atoms with Crippen molar-refractivity contribution in [3.05, 3.63) is 0 Å². The lowest BCUT2D eigenvalue weighted by atomic mass is 11.0. The maximum Gasteiger partial charge on any atom is 0.229 e. The molecule has 0 nitrogen and oxygen atoms in total. The van der Waals surface area contributed by atoms with E-state index in [1.54, 1.807) is 0 Å². The van der Waals surface area contributed by atoms with Crippen molar-refractivity contribution in [2.45, 2.75) is 47.7 Å². The third-order valence-electron chi connectivity index (χ3n) is 0. The van der Waals surface area contributed by atoms with Gasteiger partial charge in [-0.25, -0.2) is 0 Å². The standard InChI is InChI=1S/C2H6.3CH4.2CH3.Al.H/c1-2;;;;;;;/h1-2H3;3*1H4;2*1H3;;. The summed E-state index contributed by atoms with van der Waals surface area (Å²) in [6.07, 6.45) is 0. The molecule has 0 rings (SSSR count). The first-order chi connectivity index (χ1) is 2.41. The van der Waals surface area contributed by atoms with Crippen LogP contribution < -0.4 is 0 Å². The number of hydrogen-bond acceptors (Lipinski definition) is 0. The van der Waals surface area contributed by atoms with Gasteiger partial charge >= 0.3 is 0 Å². The van der Waals surface area contributed by atoms with Crippen LogP contribution in [0, 0.1) is 0 Å². The molecule has 0 aliphatic heterocycles. The highest BCUT2D eigenvalue weighted by Gasteiger charge is 1.48. The van der Waals surface area contributed by atoms with Gasteiger partial charge in [-0.15, -0.1) is 11.6 Å². The van der Waals surface area contributed by atoms with Gasteiger partial charge in [0.05, 0.1) is 0 Å². The van der Waals surface area contributed by atoms with Crippen molar-refractivity contribution in [1.82, 2.24) is 0 Å². The molecule has 0 saturated heterocycles. The molecule has 0 N–H and O–H groups in total. The summed E-state index contributed by atoms with van der Waals surface area (Å²) in [7, 11) is 0. The van der Waals surface area contributed by atoms with Crippen LogP contribution in [0.2, 0.25) is 11.6 Å². The van der Waals surface area contributed by atoms with Gasteiger partial charge in [-0.3, -0.25) is 0 Å². The summed E-state index contributed by atoms with van der Waals surface area (Å²) in [5.74, 6) is 4.53. The van der Waals surface area contributed by atoms with Crippen molar-refractivity contribution in [3.8, 4) is 0 Å². The molecule has 56 valence electrons. The van der Waals surface area contributed by atoms with Gasteiger partial charge in [0.15, 0.2) is 0 Å². The molecule has 0 aromatic rings. The summed E-state index contributed by atoms with van der Waals surface area (Å²) >= 11 is 0.417. The Labute approximate surface area is 63.4 Å². The molecular weight excluding hydrogens is 111 g/mol. The van der Waals surface area contributed by atoms with Gasteiger partial charge in [-0.1, -0.05) is 36.1 Å². The molecule has 0 aliphatic rings. The van der Waals surface area contributed by atoms with Gasteiger partial charge < -0.3 is 0 Å². The van der Waals surface area contributed by atoms with Crippen LogP contribution in [-0.2, 0) is 0 Å². The average Bonchev–Trinajstić information content (AvgIpc) is 1.46. The van der Waals surface area contributed by atoms with Crippen LogP contribution in [-0.4, -0.2) is 15.2 Å². The SMILES string of the molecule is C.C.C.CC.[CH3][AlH][CH3]. The number of hydrogen-bond donors (Lipinski definition) is 0. The Hall–Kier alpha value is 0.532. The smallest absolute Gasteiger partial charge is 0.109 e. The summed E-state index contributed by atoms with van der Waals surface area (Å²) < 4.78 is 0. The summed E-state index contributed by atoms with van der Waals surface area (Å²) in [5.41, 5.74) is 0. The Kier molecular flexibility index (Phi) is 664. The van der Waals surface area contributed by atoms with Gasteiger partial charge in [-0.2, -0.15) is 0 Å². The first-order valence-electron chi connectivity index (χ1n) is 2.41.